The number of ketones is 3. The Kier molecular flexibility index (Phi) is 23.5. The molecular formula is C56H106O10Si4. The van der Waals surface area contributed by atoms with Crippen LogP contribution in [-0.2, 0) is 46.4 Å². The number of hydrogen-bond acceptors (Lipinski definition) is 10. The largest absolute Gasteiger partial charge is 0.463 e. The first-order valence-corrected chi connectivity index (χ1v) is 37.9. The van der Waals surface area contributed by atoms with Gasteiger partial charge in [0.15, 0.2) is 39.4 Å². The summed E-state index contributed by atoms with van der Waals surface area (Å²) in [6.45, 7) is 57.8. The number of esters is 1. The molecular weight excluding hydrogens is 945 g/mol. The number of allylic oxidation sites excluding steroid dienone is 4. The number of carbonyl (C=O) groups is 4. The van der Waals surface area contributed by atoms with Crippen LogP contribution in [0.2, 0.25) is 72.5 Å². The number of Topliss-reactive ketones (excluding diaryl/α,β-unsaturated/α-hetero) is 3. The van der Waals surface area contributed by atoms with Gasteiger partial charge in [0.2, 0.25) is 0 Å². The summed E-state index contributed by atoms with van der Waals surface area (Å²) in [5, 5.41) is -0.967. The average Bonchev–Trinajstić information content (AvgIpc) is 3.18. The van der Waals surface area contributed by atoms with E-state index < -0.39 is 99.3 Å². The molecule has 1 aliphatic heterocycles. The topological polar surface area (TPSA) is 124 Å². The van der Waals surface area contributed by atoms with Gasteiger partial charge in [-0.1, -0.05) is 142 Å². The molecule has 0 aromatic carbocycles. The van der Waals surface area contributed by atoms with E-state index in [4.69, 9.17) is 27.2 Å². The molecule has 0 aromatic rings. The minimum absolute atomic E-state index is 0.0188. The van der Waals surface area contributed by atoms with Gasteiger partial charge < -0.3 is 27.2 Å². The number of methoxy groups -OCH3 is 1. The zero-order valence-corrected chi connectivity index (χ0v) is 54.2. The monoisotopic (exact) mass is 1050 g/mol. The van der Waals surface area contributed by atoms with Gasteiger partial charge in [0.05, 0.1) is 24.2 Å². The molecule has 14 heteroatoms. The van der Waals surface area contributed by atoms with Crippen LogP contribution in [0.4, 0.5) is 0 Å². The fraction of sp³-hybridized carbons (Fsp3) is 0.821. The third-order valence-electron chi connectivity index (χ3n) is 17.1. The Hall–Kier alpha value is -1.63. The van der Waals surface area contributed by atoms with E-state index in [1.807, 2.05) is 53.7 Å². The molecule has 1 rings (SSSR count). The van der Waals surface area contributed by atoms with Crippen LogP contribution in [0.3, 0.4) is 0 Å². The van der Waals surface area contributed by atoms with Crippen molar-refractivity contribution in [3.05, 3.63) is 35.5 Å². The summed E-state index contributed by atoms with van der Waals surface area (Å²) in [4.78, 5) is 61.1. The second kappa shape index (κ2) is 24.8. The second-order valence-corrected chi connectivity index (χ2v) is 46.1. The summed E-state index contributed by atoms with van der Waals surface area (Å²) in [5.41, 5.74) is 1.62. The van der Waals surface area contributed by atoms with Crippen LogP contribution >= 0.6 is 0 Å². The molecule has 70 heavy (non-hydrogen) atoms. The maximum absolute atomic E-state index is 15.9. The van der Waals surface area contributed by atoms with Gasteiger partial charge in [0.1, 0.15) is 30.1 Å². The summed E-state index contributed by atoms with van der Waals surface area (Å²) >= 11 is 0. The molecule has 1 heterocycles. The van der Waals surface area contributed by atoms with E-state index in [0.717, 1.165) is 11.1 Å². The van der Waals surface area contributed by atoms with Crippen LogP contribution in [0.15, 0.2) is 35.5 Å². The van der Waals surface area contributed by atoms with Crippen molar-refractivity contribution in [3.63, 3.8) is 0 Å². The summed E-state index contributed by atoms with van der Waals surface area (Å²) < 4.78 is 41.4. The zero-order valence-electron chi connectivity index (χ0n) is 50.2. The van der Waals surface area contributed by atoms with Crippen LogP contribution < -0.4 is 0 Å². The van der Waals surface area contributed by atoms with Crippen LogP contribution in [0.5, 0.6) is 0 Å². The molecule has 0 spiro atoms. The van der Waals surface area contributed by atoms with Crippen molar-refractivity contribution in [2.45, 2.75) is 248 Å². The van der Waals surface area contributed by atoms with Crippen molar-refractivity contribution < 1.29 is 46.4 Å². The summed E-state index contributed by atoms with van der Waals surface area (Å²) in [6.07, 6.45) is 3.53. The van der Waals surface area contributed by atoms with E-state index in [2.05, 4.69) is 155 Å². The lowest BCUT2D eigenvalue weighted by atomic mass is 9.81. The highest BCUT2D eigenvalue weighted by Crippen LogP contribution is 2.44. The molecule has 0 aromatic heterocycles. The Bertz CT molecular complexity index is 1870. The zero-order chi connectivity index (χ0) is 55.3. The minimum Gasteiger partial charge on any atom is -0.463 e. The van der Waals surface area contributed by atoms with Gasteiger partial charge >= 0.3 is 5.97 Å². The summed E-state index contributed by atoms with van der Waals surface area (Å²) in [7, 11) is -9.00. The maximum Gasteiger partial charge on any atom is 0.336 e. The lowest BCUT2D eigenvalue weighted by Crippen LogP contribution is -2.55. The number of rotatable bonds is 13. The molecule has 11 atom stereocenters. The predicted molar refractivity (Wildman–Crippen MR) is 301 cm³/mol. The summed E-state index contributed by atoms with van der Waals surface area (Å²) in [6, 6.07) is 0. The van der Waals surface area contributed by atoms with E-state index >= 15 is 14.4 Å². The molecule has 406 valence electrons. The highest BCUT2D eigenvalue weighted by atomic mass is 28.4. The Morgan fingerprint density at radius 1 is 0.671 bits per heavy atom. The molecule has 0 radical (unpaired) electrons. The van der Waals surface area contributed by atoms with Crippen LogP contribution in [0.25, 0.3) is 0 Å². The lowest BCUT2D eigenvalue weighted by Gasteiger charge is -2.44. The molecule has 3 unspecified atom stereocenters. The average molecular weight is 1050 g/mol. The third kappa shape index (κ3) is 17.2. The first-order chi connectivity index (χ1) is 31.2. The van der Waals surface area contributed by atoms with Crippen LogP contribution in [0.1, 0.15) is 145 Å². The minimum atomic E-state index is -2.76. The smallest absolute Gasteiger partial charge is 0.336 e. The Labute approximate surface area is 433 Å². The number of carbonyl (C=O) groups excluding carboxylic acids is 4. The molecule has 0 N–H and O–H groups in total. The standard InChI is InChI=1S/C56H106O10Si4/c1-30-31-36(2)32-38(4)49(65-69(26,27)55(15,16)17)43-35-62-52(60)51(66-70(28,29)56(18,19)20)50(61-21)42(8)46(58)41(7)48(64-68(24,25)54(12,13)14)39(5)33-37(3)44(57)34-45(40(6)47(43)59)63-67(22,23)53(9,10)11/h30-33,36-37,40-43,45,48-51H,34-35H2,1-29H3/b31-30-,38-32+,39-33+/t36-,37-,40+,41-,42+,43?,45-,48?,49+,50?,51+/m0/s1. The highest BCUT2D eigenvalue weighted by molar-refractivity contribution is 6.75. The summed E-state index contributed by atoms with van der Waals surface area (Å²) in [5.74, 6) is -5.08. The molecule has 0 bridgehead atoms. The maximum atomic E-state index is 15.9. The van der Waals surface area contributed by atoms with Crippen LogP contribution in [0, 0.1) is 35.5 Å². The van der Waals surface area contributed by atoms with Gasteiger partial charge in [-0.3, -0.25) is 14.4 Å². The highest BCUT2D eigenvalue weighted by Gasteiger charge is 2.51. The normalized spacial score (nSPS) is 28.8. The number of ether oxygens (including phenoxy) is 2. The first kappa shape index (κ1) is 66.4. The van der Waals surface area contributed by atoms with E-state index in [1.165, 1.54) is 7.11 Å². The fourth-order valence-electron chi connectivity index (χ4n) is 7.93. The SMILES string of the molecule is C/C=C\[C@H](C)/C=C(\C)[C@@H](O[Si](C)(C)C(C)(C)C)C1COC(=O)[C@H](O[Si](C)(C)C(C)(C)C)C(OC)[C@H](C)C(=O)[C@H](C)C(O[Si](C)(C)C(C)(C)C)/C(C)=C/[C@H](C)C(=O)C[C@H](O[Si](C)(C)C(C)(C)C)[C@@H](C)C1=O. The van der Waals surface area contributed by atoms with Gasteiger partial charge in [-0.05, 0) is 110 Å². The number of hydrogen-bond donors (Lipinski definition) is 0. The Morgan fingerprint density at radius 3 is 1.54 bits per heavy atom. The lowest BCUT2D eigenvalue weighted by molar-refractivity contribution is -0.166. The van der Waals surface area contributed by atoms with E-state index in [0.29, 0.717) is 0 Å². The molecule has 0 aliphatic carbocycles. The molecule has 0 saturated carbocycles. The molecule has 0 amide bonds. The Balaban J connectivity index is 4.67. The van der Waals surface area contributed by atoms with Crippen molar-refractivity contribution in [2.75, 3.05) is 13.7 Å². The first-order valence-electron chi connectivity index (χ1n) is 26.2. The van der Waals surface area contributed by atoms with Crippen molar-refractivity contribution in [1.29, 1.82) is 0 Å². The quantitative estimate of drug-likeness (QED) is 0.100. The van der Waals surface area contributed by atoms with Crippen molar-refractivity contribution in [1.82, 2.24) is 0 Å². The van der Waals surface area contributed by atoms with Gasteiger partial charge in [0.25, 0.3) is 0 Å². The van der Waals surface area contributed by atoms with Crippen molar-refractivity contribution in [2.24, 2.45) is 35.5 Å². The van der Waals surface area contributed by atoms with Crippen LogP contribution in [-0.4, -0.2) is 101 Å². The Morgan fingerprint density at radius 2 is 1.11 bits per heavy atom. The van der Waals surface area contributed by atoms with Gasteiger partial charge in [0, 0.05) is 37.2 Å². The van der Waals surface area contributed by atoms with Gasteiger partial charge in [-0.2, -0.15) is 0 Å². The second-order valence-electron chi connectivity index (χ2n) is 27.1. The number of cyclic esters (lactones) is 1. The van der Waals surface area contributed by atoms with Crippen molar-refractivity contribution in [3.8, 4) is 0 Å². The fourth-order valence-corrected chi connectivity index (χ4v) is 13.3. The molecule has 0 saturated heterocycles. The predicted octanol–water partition coefficient (Wildman–Crippen LogP) is 14.5. The van der Waals surface area contributed by atoms with E-state index in [1.54, 1.807) is 6.92 Å². The van der Waals surface area contributed by atoms with Gasteiger partial charge in [-0.25, -0.2) is 4.79 Å². The van der Waals surface area contributed by atoms with E-state index in [-0.39, 0.29) is 56.4 Å². The molecule has 10 nitrogen and oxygen atoms in total. The van der Waals surface area contributed by atoms with E-state index in [9.17, 15) is 4.79 Å². The van der Waals surface area contributed by atoms with Crippen molar-refractivity contribution >= 4 is 56.6 Å². The third-order valence-corrected chi connectivity index (χ3v) is 34.9. The molecule has 0 fully saturated rings. The molecule has 1 aliphatic rings. The van der Waals surface area contributed by atoms with Gasteiger partial charge in [-0.15, -0.1) is 0 Å².